The molecule has 2 aromatic rings. The zero-order valence-corrected chi connectivity index (χ0v) is 9.35. The molecule has 1 N–H and O–H groups in total. The van der Waals surface area contributed by atoms with E-state index in [0.717, 1.165) is 29.7 Å². The number of benzene rings is 1. The Bertz CT molecular complexity index is 603. The summed E-state index contributed by atoms with van der Waals surface area (Å²) in [6, 6.07) is 2.83. The maximum absolute atomic E-state index is 13.1. The number of carbonyl (C=O) groups excluding carboxylic acids is 1. The van der Waals surface area contributed by atoms with E-state index in [4.69, 9.17) is 0 Å². The lowest BCUT2D eigenvalue weighted by molar-refractivity contribution is -0.387. The zero-order valence-electron chi connectivity index (χ0n) is 8.53. The molecule has 0 radical (unpaired) electrons. The minimum atomic E-state index is -1.01. The molecular weight excluding hydrogens is 265 g/mol. The van der Waals surface area contributed by atoms with Crippen LogP contribution in [0.25, 0.3) is 0 Å². The molecule has 0 aliphatic rings. The van der Waals surface area contributed by atoms with Gasteiger partial charge in [-0.1, -0.05) is 9.59 Å². The van der Waals surface area contributed by atoms with Crippen LogP contribution in [0.4, 0.5) is 15.2 Å². The van der Waals surface area contributed by atoms with Gasteiger partial charge in [-0.3, -0.25) is 20.2 Å². The van der Waals surface area contributed by atoms with Crippen LogP contribution in [-0.4, -0.2) is 25.6 Å². The first-order valence-corrected chi connectivity index (χ1v) is 5.25. The highest BCUT2D eigenvalue weighted by Gasteiger charge is 2.18. The van der Waals surface area contributed by atoms with Gasteiger partial charge in [0.25, 0.3) is 5.91 Å². The van der Waals surface area contributed by atoms with Crippen molar-refractivity contribution in [3.63, 3.8) is 0 Å². The predicted molar refractivity (Wildman–Crippen MR) is 58.7 cm³/mol. The summed E-state index contributed by atoms with van der Waals surface area (Å²) in [5.74, 6) is -1.66. The van der Waals surface area contributed by atoms with Crippen LogP contribution in [0.5, 0.6) is 0 Å². The SMILES string of the molecule is O=C(Nc1nnns1)c1ccc(F)c([N+](=O)[O-])c1. The van der Waals surface area contributed by atoms with Crippen LogP contribution in [0.15, 0.2) is 18.2 Å². The number of amides is 1. The fourth-order valence-corrected chi connectivity index (χ4v) is 1.51. The van der Waals surface area contributed by atoms with Crippen molar-refractivity contribution in [3.8, 4) is 0 Å². The van der Waals surface area contributed by atoms with Gasteiger partial charge in [0.2, 0.25) is 10.9 Å². The number of aromatic nitrogens is 3. The molecule has 1 heterocycles. The molecule has 0 atom stereocenters. The Morgan fingerprint density at radius 3 is 2.89 bits per heavy atom. The van der Waals surface area contributed by atoms with Gasteiger partial charge in [-0.25, -0.2) is 0 Å². The first-order chi connectivity index (χ1) is 8.58. The second-order valence-corrected chi connectivity index (χ2v) is 3.78. The van der Waals surface area contributed by atoms with Crippen molar-refractivity contribution in [3.05, 3.63) is 39.7 Å². The Balaban J connectivity index is 2.26. The Labute approximate surface area is 103 Å². The van der Waals surface area contributed by atoms with Crippen molar-refractivity contribution in [1.82, 2.24) is 14.8 Å². The molecule has 2 rings (SSSR count). The Morgan fingerprint density at radius 2 is 2.28 bits per heavy atom. The summed E-state index contributed by atoms with van der Waals surface area (Å²) in [6.07, 6.45) is 0. The van der Waals surface area contributed by atoms with E-state index >= 15 is 0 Å². The van der Waals surface area contributed by atoms with Gasteiger partial charge in [-0.2, -0.15) is 4.39 Å². The summed E-state index contributed by atoms with van der Waals surface area (Å²) in [5, 5.41) is 19.7. The number of nitrogens with zero attached hydrogens (tertiary/aromatic N) is 4. The minimum Gasteiger partial charge on any atom is -0.295 e. The highest BCUT2D eigenvalue weighted by Crippen LogP contribution is 2.19. The zero-order chi connectivity index (χ0) is 13.1. The summed E-state index contributed by atoms with van der Waals surface area (Å²) in [7, 11) is 0. The van der Waals surface area contributed by atoms with Crippen LogP contribution in [0.3, 0.4) is 0 Å². The maximum Gasteiger partial charge on any atom is 0.305 e. The fraction of sp³-hybridized carbons (Fsp3) is 0. The first-order valence-electron chi connectivity index (χ1n) is 4.48. The van der Waals surface area contributed by atoms with Gasteiger partial charge in [0.1, 0.15) is 0 Å². The van der Waals surface area contributed by atoms with Gasteiger partial charge >= 0.3 is 5.69 Å². The van der Waals surface area contributed by atoms with Crippen LogP contribution in [-0.2, 0) is 0 Å². The largest absolute Gasteiger partial charge is 0.305 e. The molecule has 1 amide bonds. The molecular formula is C8H4FN5O3S. The smallest absolute Gasteiger partial charge is 0.295 e. The van der Waals surface area contributed by atoms with Crippen molar-refractivity contribution >= 4 is 28.3 Å². The van der Waals surface area contributed by atoms with E-state index in [2.05, 4.69) is 20.1 Å². The molecule has 1 aromatic heterocycles. The molecule has 92 valence electrons. The topological polar surface area (TPSA) is 111 Å². The number of hydrogen-bond donors (Lipinski definition) is 1. The van der Waals surface area contributed by atoms with Crippen LogP contribution >= 0.6 is 11.5 Å². The average Bonchev–Trinajstić information content (AvgIpc) is 2.81. The summed E-state index contributed by atoms with van der Waals surface area (Å²) >= 11 is 0.847. The Hall–Kier alpha value is -2.49. The van der Waals surface area contributed by atoms with Gasteiger partial charge in [0.15, 0.2) is 0 Å². The van der Waals surface area contributed by atoms with E-state index in [1.54, 1.807) is 0 Å². The van der Waals surface area contributed by atoms with E-state index in [1.807, 2.05) is 0 Å². The maximum atomic E-state index is 13.1. The third kappa shape index (κ3) is 2.43. The molecule has 0 unspecified atom stereocenters. The van der Waals surface area contributed by atoms with Gasteiger partial charge in [-0.15, -0.1) is 0 Å². The third-order valence-corrected chi connectivity index (χ3v) is 2.44. The number of nitro benzene ring substituents is 1. The molecule has 0 aliphatic heterocycles. The van der Waals surface area contributed by atoms with E-state index in [1.165, 1.54) is 0 Å². The van der Waals surface area contributed by atoms with Gasteiger partial charge in [0, 0.05) is 23.2 Å². The molecule has 1 aromatic carbocycles. The average molecular weight is 269 g/mol. The van der Waals surface area contributed by atoms with Crippen molar-refractivity contribution in [2.24, 2.45) is 0 Å². The summed E-state index contributed by atoms with van der Waals surface area (Å²) in [4.78, 5) is 21.3. The number of carbonyl (C=O) groups is 1. The third-order valence-electron chi connectivity index (χ3n) is 1.92. The number of nitro groups is 1. The van der Waals surface area contributed by atoms with Crippen LogP contribution in [0.1, 0.15) is 10.4 Å². The molecule has 8 nitrogen and oxygen atoms in total. The van der Waals surface area contributed by atoms with Crippen molar-refractivity contribution in [2.75, 3.05) is 5.32 Å². The Kier molecular flexibility index (Phi) is 3.19. The van der Waals surface area contributed by atoms with Crippen LogP contribution in [0.2, 0.25) is 0 Å². The molecule has 0 aliphatic carbocycles. The highest BCUT2D eigenvalue weighted by molar-refractivity contribution is 7.09. The molecule has 0 bridgehead atoms. The molecule has 10 heteroatoms. The number of hydrogen-bond acceptors (Lipinski definition) is 7. The van der Waals surface area contributed by atoms with E-state index in [9.17, 15) is 19.3 Å². The van der Waals surface area contributed by atoms with Gasteiger partial charge < -0.3 is 0 Å². The normalized spacial score (nSPS) is 10.1. The lowest BCUT2D eigenvalue weighted by Crippen LogP contribution is -2.12. The summed E-state index contributed by atoms with van der Waals surface area (Å²) in [5.41, 5.74) is -0.823. The lowest BCUT2D eigenvalue weighted by Gasteiger charge is -2.01. The van der Waals surface area contributed by atoms with E-state index < -0.39 is 22.3 Å². The second kappa shape index (κ2) is 4.79. The summed E-state index contributed by atoms with van der Waals surface area (Å²) in [6.45, 7) is 0. The first kappa shape index (κ1) is 12.0. The molecule has 0 fully saturated rings. The molecule has 0 saturated heterocycles. The van der Waals surface area contributed by atoms with E-state index in [-0.39, 0.29) is 10.7 Å². The number of halogens is 1. The predicted octanol–water partition coefficient (Wildman–Crippen LogP) is 1.23. The number of anilines is 1. The lowest BCUT2D eigenvalue weighted by atomic mass is 10.2. The fourth-order valence-electron chi connectivity index (χ4n) is 1.14. The van der Waals surface area contributed by atoms with Crippen LogP contribution in [0, 0.1) is 15.9 Å². The van der Waals surface area contributed by atoms with Crippen molar-refractivity contribution in [2.45, 2.75) is 0 Å². The molecule has 0 spiro atoms. The summed E-state index contributed by atoms with van der Waals surface area (Å²) < 4.78 is 16.5. The Morgan fingerprint density at radius 1 is 1.50 bits per heavy atom. The second-order valence-electron chi connectivity index (χ2n) is 3.04. The highest BCUT2D eigenvalue weighted by atomic mass is 32.1. The van der Waals surface area contributed by atoms with Crippen molar-refractivity contribution < 1.29 is 14.1 Å². The molecule has 0 saturated carbocycles. The minimum absolute atomic E-state index is 0.0571. The quantitative estimate of drug-likeness (QED) is 0.662. The number of nitrogens with one attached hydrogen (secondary N) is 1. The van der Waals surface area contributed by atoms with Crippen molar-refractivity contribution in [1.29, 1.82) is 0 Å². The molecule has 18 heavy (non-hydrogen) atoms. The van der Waals surface area contributed by atoms with Gasteiger partial charge in [-0.05, 0) is 17.3 Å². The van der Waals surface area contributed by atoms with Gasteiger partial charge in [0.05, 0.1) is 4.92 Å². The number of rotatable bonds is 3. The van der Waals surface area contributed by atoms with E-state index in [0.29, 0.717) is 0 Å². The standard InChI is InChI=1S/C8H4FN5O3S/c9-5-2-1-4(3-6(5)14(16)17)7(15)10-8-11-12-13-18-8/h1-3H,(H,10,11,13,15). The van der Waals surface area contributed by atoms with Crippen LogP contribution < -0.4 is 5.32 Å². The monoisotopic (exact) mass is 269 g/mol.